The maximum absolute atomic E-state index is 10.2. The summed E-state index contributed by atoms with van der Waals surface area (Å²) in [6, 6.07) is 28.2. The number of nitrogens with zero attached hydrogens (tertiary/aromatic N) is 8. The molecular weight excluding hydrogens is 596 g/mol. The number of phenols is 2. The number of hydrogen-bond donors (Lipinski definition) is 3. The van der Waals surface area contributed by atoms with Gasteiger partial charge >= 0.3 is 0 Å². The average Bonchev–Trinajstić information content (AvgIpc) is 3.69. The third-order valence-electron chi connectivity index (χ3n) is 7.34. The van der Waals surface area contributed by atoms with Crippen molar-refractivity contribution in [2.75, 3.05) is 7.11 Å². The first kappa shape index (κ1) is 28.9. The molecule has 0 aliphatic rings. The molecule has 0 fully saturated rings. The molecule has 6 aromatic heterocycles. The molecule has 0 atom stereocenters. The second kappa shape index (κ2) is 12.3. The first-order valence-corrected chi connectivity index (χ1v) is 14.4. The summed E-state index contributed by atoms with van der Waals surface area (Å²) >= 11 is 0. The minimum Gasteiger partial charge on any atom is -0.507 e. The molecular formula is C35H26N8O4. The predicted molar refractivity (Wildman–Crippen MR) is 175 cm³/mol. The minimum absolute atomic E-state index is 0.0418. The molecule has 12 heteroatoms. The first-order chi connectivity index (χ1) is 23.0. The summed E-state index contributed by atoms with van der Waals surface area (Å²) in [6.07, 6.45) is 6.60. The zero-order chi connectivity index (χ0) is 32.3. The lowest BCUT2D eigenvalue weighted by Gasteiger charge is -2.04. The molecule has 2 aromatic carbocycles. The van der Waals surface area contributed by atoms with Crippen molar-refractivity contribution in [3.05, 3.63) is 122 Å². The van der Waals surface area contributed by atoms with Crippen molar-refractivity contribution in [1.29, 1.82) is 0 Å². The summed E-state index contributed by atoms with van der Waals surface area (Å²) in [7, 11) is 1.60. The van der Waals surface area contributed by atoms with E-state index in [0.717, 1.165) is 5.52 Å². The predicted octanol–water partition coefficient (Wildman–Crippen LogP) is 6.04. The van der Waals surface area contributed by atoms with Crippen molar-refractivity contribution < 1.29 is 20.1 Å². The number of phenolic OH excluding ortho intramolecular Hbond substituents is 2. The lowest BCUT2D eigenvalue weighted by atomic mass is 10.2. The molecule has 3 N–H and O–H groups in total. The number of benzene rings is 2. The van der Waals surface area contributed by atoms with Gasteiger partial charge in [-0.05, 0) is 72.8 Å². The van der Waals surface area contributed by atoms with Gasteiger partial charge in [-0.25, -0.2) is 19.0 Å². The van der Waals surface area contributed by atoms with Crippen LogP contribution in [0.1, 0.15) is 0 Å². The molecule has 8 rings (SSSR count). The average molecular weight is 623 g/mol. The second-order valence-corrected chi connectivity index (χ2v) is 10.2. The summed E-state index contributed by atoms with van der Waals surface area (Å²) in [6.45, 7) is 0. The van der Waals surface area contributed by atoms with Gasteiger partial charge in [-0.3, -0.25) is 9.97 Å². The van der Waals surface area contributed by atoms with Crippen molar-refractivity contribution in [1.82, 2.24) is 39.2 Å². The standard InChI is InChI=1S/C18H14N4O2.C17H12N4O2/c1-24-15-9-5-10-19-17(15)16-13-7-4-11-20-22(13)18(21-16)12-6-2-3-8-14(12)23;22-13-7-2-1-5-11(13)17-20-15(12-6-3-10-19-21(12)17)16-14(23)8-4-9-18-16/h2-11,23H,1H3;1-10,22-23H. The van der Waals surface area contributed by atoms with Gasteiger partial charge in [0.25, 0.3) is 0 Å². The van der Waals surface area contributed by atoms with Crippen molar-refractivity contribution in [2.45, 2.75) is 0 Å². The van der Waals surface area contributed by atoms with Crippen molar-refractivity contribution in [3.8, 4) is 68.5 Å². The molecule has 0 saturated heterocycles. The molecule has 0 aliphatic carbocycles. The third kappa shape index (κ3) is 5.29. The van der Waals surface area contributed by atoms with Crippen LogP contribution in [0.4, 0.5) is 0 Å². The second-order valence-electron chi connectivity index (χ2n) is 10.2. The van der Waals surface area contributed by atoms with E-state index in [4.69, 9.17) is 9.72 Å². The summed E-state index contributed by atoms with van der Waals surface area (Å²) in [4.78, 5) is 17.9. The fraction of sp³-hybridized carbons (Fsp3) is 0.0286. The fourth-order valence-electron chi connectivity index (χ4n) is 5.20. The van der Waals surface area contributed by atoms with Crippen LogP contribution in [0.3, 0.4) is 0 Å². The summed E-state index contributed by atoms with van der Waals surface area (Å²) < 4.78 is 8.72. The van der Waals surface area contributed by atoms with Crippen LogP contribution >= 0.6 is 0 Å². The summed E-state index contributed by atoms with van der Waals surface area (Å²) in [5.74, 6) is 1.96. The number of methoxy groups -OCH3 is 1. The quantitative estimate of drug-likeness (QED) is 0.207. The van der Waals surface area contributed by atoms with Gasteiger partial charge < -0.3 is 20.1 Å². The van der Waals surface area contributed by atoms with E-state index in [-0.39, 0.29) is 17.2 Å². The molecule has 0 unspecified atom stereocenters. The highest BCUT2D eigenvalue weighted by molar-refractivity contribution is 5.83. The van der Waals surface area contributed by atoms with Gasteiger partial charge in [0.1, 0.15) is 45.8 Å². The summed E-state index contributed by atoms with van der Waals surface area (Å²) in [5, 5.41) is 39.1. The van der Waals surface area contributed by atoms with E-state index in [1.807, 2.05) is 42.5 Å². The molecule has 230 valence electrons. The van der Waals surface area contributed by atoms with Crippen LogP contribution in [-0.4, -0.2) is 61.6 Å². The van der Waals surface area contributed by atoms with E-state index >= 15 is 0 Å². The monoisotopic (exact) mass is 622 g/mol. The molecule has 8 aromatic rings. The van der Waals surface area contributed by atoms with Crippen molar-refractivity contribution >= 4 is 11.0 Å². The van der Waals surface area contributed by atoms with Gasteiger partial charge in [-0.15, -0.1) is 0 Å². The molecule has 6 heterocycles. The SMILES string of the molecule is COc1cccnc1-c1nc(-c2ccccc2O)n2ncccc12.Oc1ccccc1-c1nc(-c2ncccc2O)c2cccnn12. The number of para-hydroxylation sites is 2. The number of fused-ring (bicyclic) bond motifs is 2. The van der Waals surface area contributed by atoms with Crippen LogP contribution in [-0.2, 0) is 0 Å². The van der Waals surface area contributed by atoms with E-state index in [0.29, 0.717) is 56.8 Å². The smallest absolute Gasteiger partial charge is 0.165 e. The van der Waals surface area contributed by atoms with Gasteiger partial charge in [0, 0.05) is 24.8 Å². The molecule has 0 saturated carbocycles. The van der Waals surface area contributed by atoms with Crippen LogP contribution in [0.25, 0.3) is 56.6 Å². The maximum atomic E-state index is 10.2. The molecule has 0 aliphatic heterocycles. The highest BCUT2D eigenvalue weighted by Crippen LogP contribution is 2.36. The number of imidazole rings is 2. The number of aromatic nitrogens is 8. The molecule has 0 amide bonds. The Morgan fingerprint density at radius 2 is 0.957 bits per heavy atom. The van der Waals surface area contributed by atoms with Gasteiger partial charge in [0.05, 0.1) is 29.3 Å². The maximum Gasteiger partial charge on any atom is 0.165 e. The number of rotatable bonds is 5. The Morgan fingerprint density at radius 3 is 1.49 bits per heavy atom. The normalized spacial score (nSPS) is 10.9. The number of pyridine rings is 2. The van der Waals surface area contributed by atoms with E-state index in [1.165, 1.54) is 0 Å². The van der Waals surface area contributed by atoms with E-state index < -0.39 is 0 Å². The van der Waals surface area contributed by atoms with E-state index in [9.17, 15) is 15.3 Å². The van der Waals surface area contributed by atoms with Crippen LogP contribution in [0, 0.1) is 0 Å². The van der Waals surface area contributed by atoms with Gasteiger partial charge in [0.15, 0.2) is 11.6 Å². The van der Waals surface area contributed by atoms with Crippen LogP contribution in [0.5, 0.6) is 23.0 Å². The van der Waals surface area contributed by atoms with Crippen molar-refractivity contribution in [3.63, 3.8) is 0 Å². The topological polar surface area (TPSA) is 156 Å². The Bertz CT molecular complexity index is 2290. The Morgan fingerprint density at radius 1 is 0.489 bits per heavy atom. The Balaban J connectivity index is 0.000000150. The van der Waals surface area contributed by atoms with E-state index in [2.05, 4.69) is 25.1 Å². The number of hydrogen-bond acceptors (Lipinski definition) is 10. The first-order valence-electron chi connectivity index (χ1n) is 14.4. The lowest BCUT2D eigenvalue weighted by Crippen LogP contribution is -1.93. The van der Waals surface area contributed by atoms with Crippen LogP contribution in [0.15, 0.2) is 122 Å². The minimum atomic E-state index is 0.0418. The van der Waals surface area contributed by atoms with Gasteiger partial charge in [-0.1, -0.05) is 24.3 Å². The number of ether oxygens (including phenoxy) is 1. The third-order valence-corrected chi connectivity index (χ3v) is 7.34. The fourth-order valence-corrected chi connectivity index (χ4v) is 5.20. The molecule has 47 heavy (non-hydrogen) atoms. The lowest BCUT2D eigenvalue weighted by molar-refractivity contribution is 0.414. The van der Waals surface area contributed by atoms with E-state index in [1.54, 1.807) is 95.5 Å². The highest BCUT2D eigenvalue weighted by Gasteiger charge is 2.21. The molecule has 0 bridgehead atoms. The van der Waals surface area contributed by atoms with Crippen molar-refractivity contribution in [2.24, 2.45) is 0 Å². The van der Waals surface area contributed by atoms with Gasteiger partial charge in [-0.2, -0.15) is 10.2 Å². The van der Waals surface area contributed by atoms with Gasteiger partial charge in [0.2, 0.25) is 0 Å². The van der Waals surface area contributed by atoms with Crippen LogP contribution in [0.2, 0.25) is 0 Å². The zero-order valence-corrected chi connectivity index (χ0v) is 24.9. The Hall–Kier alpha value is -6.82. The zero-order valence-electron chi connectivity index (χ0n) is 24.9. The largest absolute Gasteiger partial charge is 0.507 e. The molecule has 0 spiro atoms. The summed E-state index contributed by atoms with van der Waals surface area (Å²) in [5.41, 5.74) is 4.81. The molecule has 0 radical (unpaired) electrons. The van der Waals surface area contributed by atoms with Crippen LogP contribution < -0.4 is 4.74 Å². The highest BCUT2D eigenvalue weighted by atomic mass is 16.5. The molecule has 12 nitrogen and oxygen atoms in total. The Labute approximate surface area is 267 Å². The number of aromatic hydroxyl groups is 3. The Kier molecular flexibility index (Phi) is 7.56.